The van der Waals surface area contributed by atoms with Crippen LogP contribution in [0.15, 0.2) is 11.4 Å². The zero-order valence-corrected chi connectivity index (χ0v) is 11.4. The summed E-state index contributed by atoms with van der Waals surface area (Å²) in [6.45, 7) is 1.53. The van der Waals surface area contributed by atoms with Crippen molar-refractivity contribution in [3.8, 4) is 0 Å². The fourth-order valence-corrected chi connectivity index (χ4v) is 3.03. The number of carbonyl (C=O) groups is 1. The minimum Gasteiger partial charge on any atom is -0.380 e. The van der Waals surface area contributed by atoms with Gasteiger partial charge in [0.2, 0.25) is 0 Å². The molecule has 0 radical (unpaired) electrons. The van der Waals surface area contributed by atoms with E-state index in [1.54, 1.807) is 18.4 Å². The summed E-state index contributed by atoms with van der Waals surface area (Å²) in [7, 11) is 1.70. The summed E-state index contributed by atoms with van der Waals surface area (Å²) >= 11 is 3.84. The number of halogens is 1. The predicted molar refractivity (Wildman–Crippen MR) is 68.4 cm³/mol. The van der Waals surface area contributed by atoms with Crippen LogP contribution in [-0.2, 0) is 4.74 Å². The summed E-state index contributed by atoms with van der Waals surface area (Å²) in [5.74, 6) is 0.133. The lowest BCUT2D eigenvalue weighted by Gasteiger charge is -2.14. The Balaban J connectivity index is 2.03. The van der Waals surface area contributed by atoms with Crippen molar-refractivity contribution in [2.24, 2.45) is 0 Å². The monoisotopic (exact) mass is 337 g/mol. The predicted octanol–water partition coefficient (Wildman–Crippen LogP) is 2.21. The van der Waals surface area contributed by atoms with Crippen LogP contribution < -0.4 is 0 Å². The van der Waals surface area contributed by atoms with Gasteiger partial charge in [-0.2, -0.15) is 0 Å². The van der Waals surface area contributed by atoms with E-state index in [1.807, 2.05) is 16.3 Å². The highest BCUT2D eigenvalue weighted by Gasteiger charge is 2.26. The van der Waals surface area contributed by atoms with Gasteiger partial charge in [0.25, 0.3) is 5.91 Å². The Bertz CT molecular complexity index is 366. The van der Waals surface area contributed by atoms with Crippen LogP contribution in [0, 0.1) is 2.88 Å². The zero-order chi connectivity index (χ0) is 10.8. The van der Waals surface area contributed by atoms with Crippen LogP contribution in [0.4, 0.5) is 0 Å². The normalized spacial score (nSPS) is 20.9. The highest BCUT2D eigenvalue weighted by molar-refractivity contribution is 14.1. The van der Waals surface area contributed by atoms with Gasteiger partial charge in [-0.3, -0.25) is 4.79 Å². The number of hydrogen-bond donors (Lipinski definition) is 0. The fourth-order valence-electron chi connectivity index (χ4n) is 1.71. The van der Waals surface area contributed by atoms with Crippen LogP contribution in [0.1, 0.15) is 16.8 Å². The molecule has 0 spiro atoms. The van der Waals surface area contributed by atoms with Gasteiger partial charge in [-0.1, -0.05) is 0 Å². The topological polar surface area (TPSA) is 29.5 Å². The quantitative estimate of drug-likeness (QED) is 0.775. The van der Waals surface area contributed by atoms with Crippen molar-refractivity contribution in [3.05, 3.63) is 19.9 Å². The van der Waals surface area contributed by atoms with Crippen LogP contribution in [0.5, 0.6) is 0 Å². The molecular weight excluding hydrogens is 325 g/mol. The van der Waals surface area contributed by atoms with E-state index in [1.165, 1.54) is 0 Å². The number of hydrogen-bond acceptors (Lipinski definition) is 3. The smallest absolute Gasteiger partial charge is 0.254 e. The molecule has 1 atom stereocenters. The highest BCUT2D eigenvalue weighted by Crippen LogP contribution is 2.20. The number of likely N-dealkylation sites (tertiary alicyclic amines) is 1. The molecule has 1 unspecified atom stereocenters. The average Bonchev–Trinajstić information content (AvgIpc) is 2.84. The Morgan fingerprint density at radius 3 is 3.07 bits per heavy atom. The lowest BCUT2D eigenvalue weighted by atomic mass is 10.3. The largest absolute Gasteiger partial charge is 0.380 e. The summed E-state index contributed by atoms with van der Waals surface area (Å²) in [6, 6.07) is 1.94. The first-order valence-electron chi connectivity index (χ1n) is 4.77. The van der Waals surface area contributed by atoms with E-state index in [9.17, 15) is 4.79 Å². The van der Waals surface area contributed by atoms with E-state index < -0.39 is 0 Å². The molecule has 2 heterocycles. The van der Waals surface area contributed by atoms with Crippen molar-refractivity contribution in [3.63, 3.8) is 0 Å². The molecule has 1 fully saturated rings. The van der Waals surface area contributed by atoms with Crippen molar-refractivity contribution in [2.75, 3.05) is 20.2 Å². The standard InChI is InChI=1S/C10H12INO2S/c1-14-8-2-3-12(5-8)10(13)7-4-9(11)15-6-7/h4,6,8H,2-3,5H2,1H3. The van der Waals surface area contributed by atoms with Gasteiger partial charge in [0.15, 0.2) is 0 Å². The molecule has 0 saturated carbocycles. The van der Waals surface area contributed by atoms with Gasteiger partial charge in [-0.15, -0.1) is 11.3 Å². The van der Waals surface area contributed by atoms with Crippen LogP contribution >= 0.6 is 33.9 Å². The van der Waals surface area contributed by atoms with E-state index in [0.29, 0.717) is 0 Å². The van der Waals surface area contributed by atoms with E-state index in [2.05, 4.69) is 22.6 Å². The van der Waals surface area contributed by atoms with Crippen LogP contribution in [0.3, 0.4) is 0 Å². The first kappa shape index (κ1) is 11.3. The Kier molecular flexibility index (Phi) is 3.63. The molecule has 0 aromatic carbocycles. The SMILES string of the molecule is COC1CCN(C(=O)c2csc(I)c2)C1. The van der Waals surface area contributed by atoms with Crippen LogP contribution in [-0.4, -0.2) is 37.1 Å². The molecule has 5 heteroatoms. The maximum absolute atomic E-state index is 12.0. The molecule has 15 heavy (non-hydrogen) atoms. The molecule has 82 valence electrons. The summed E-state index contributed by atoms with van der Waals surface area (Å²) < 4.78 is 6.39. The molecule has 2 rings (SSSR count). The fraction of sp³-hybridized carbons (Fsp3) is 0.500. The molecule has 3 nitrogen and oxygen atoms in total. The van der Waals surface area contributed by atoms with Crippen molar-refractivity contribution in [1.82, 2.24) is 4.90 Å². The molecule has 0 N–H and O–H groups in total. The summed E-state index contributed by atoms with van der Waals surface area (Å²) in [6.07, 6.45) is 1.16. The number of rotatable bonds is 2. The summed E-state index contributed by atoms with van der Waals surface area (Å²) in [5, 5.41) is 1.92. The van der Waals surface area contributed by atoms with E-state index in [4.69, 9.17) is 4.74 Å². The molecule has 1 aliphatic heterocycles. The highest BCUT2D eigenvalue weighted by atomic mass is 127. The minimum absolute atomic E-state index is 0.133. The van der Waals surface area contributed by atoms with Gasteiger partial charge in [0, 0.05) is 25.6 Å². The zero-order valence-electron chi connectivity index (χ0n) is 8.40. The molecule has 1 amide bonds. The molecular formula is C10H12INO2S. The van der Waals surface area contributed by atoms with Gasteiger partial charge in [-0.05, 0) is 35.1 Å². The van der Waals surface area contributed by atoms with Crippen molar-refractivity contribution in [1.29, 1.82) is 0 Å². The molecule has 1 aromatic heterocycles. The summed E-state index contributed by atoms with van der Waals surface area (Å²) in [5.41, 5.74) is 0.807. The molecule has 0 bridgehead atoms. The third kappa shape index (κ3) is 2.51. The van der Waals surface area contributed by atoms with Crippen LogP contribution in [0.2, 0.25) is 0 Å². The Labute approximate surface area is 107 Å². The van der Waals surface area contributed by atoms with Crippen molar-refractivity contribution in [2.45, 2.75) is 12.5 Å². The van der Waals surface area contributed by atoms with E-state index in [-0.39, 0.29) is 12.0 Å². The Morgan fingerprint density at radius 2 is 2.53 bits per heavy atom. The second-order valence-corrected chi connectivity index (χ2v) is 6.34. The number of methoxy groups -OCH3 is 1. The first-order chi connectivity index (χ1) is 7.20. The van der Waals surface area contributed by atoms with Crippen molar-refractivity contribution >= 4 is 39.8 Å². The third-order valence-electron chi connectivity index (χ3n) is 2.58. The van der Waals surface area contributed by atoms with E-state index in [0.717, 1.165) is 28.0 Å². The molecule has 1 saturated heterocycles. The Hall–Kier alpha value is -0.140. The van der Waals surface area contributed by atoms with Gasteiger partial charge >= 0.3 is 0 Å². The molecule has 1 aromatic rings. The first-order valence-corrected chi connectivity index (χ1v) is 6.72. The second-order valence-electron chi connectivity index (χ2n) is 3.54. The maximum atomic E-state index is 12.0. The lowest BCUT2D eigenvalue weighted by molar-refractivity contribution is 0.0724. The van der Waals surface area contributed by atoms with Crippen molar-refractivity contribution < 1.29 is 9.53 Å². The van der Waals surface area contributed by atoms with Gasteiger partial charge in [0.1, 0.15) is 0 Å². The second kappa shape index (κ2) is 4.80. The number of amides is 1. The molecule has 0 aliphatic carbocycles. The van der Waals surface area contributed by atoms with E-state index >= 15 is 0 Å². The third-order valence-corrected chi connectivity index (χ3v) is 4.37. The van der Waals surface area contributed by atoms with Crippen LogP contribution in [0.25, 0.3) is 0 Å². The number of thiophene rings is 1. The van der Waals surface area contributed by atoms with Gasteiger partial charge < -0.3 is 9.64 Å². The Morgan fingerprint density at radius 1 is 1.73 bits per heavy atom. The average molecular weight is 337 g/mol. The van der Waals surface area contributed by atoms with Gasteiger partial charge in [-0.25, -0.2) is 0 Å². The molecule has 1 aliphatic rings. The minimum atomic E-state index is 0.133. The summed E-state index contributed by atoms with van der Waals surface area (Å²) in [4.78, 5) is 13.9. The number of ether oxygens (including phenoxy) is 1. The maximum Gasteiger partial charge on any atom is 0.254 e. The lowest BCUT2D eigenvalue weighted by Crippen LogP contribution is -2.29. The van der Waals surface area contributed by atoms with Gasteiger partial charge in [0.05, 0.1) is 14.6 Å². The number of carbonyl (C=O) groups excluding carboxylic acids is 1. The number of nitrogens with zero attached hydrogens (tertiary/aromatic N) is 1.